The van der Waals surface area contributed by atoms with Crippen LogP contribution in [0.5, 0.6) is 0 Å². The van der Waals surface area contributed by atoms with Crippen LogP contribution < -0.4 is 4.90 Å². The van der Waals surface area contributed by atoms with Crippen molar-refractivity contribution in [3.05, 3.63) is 29.8 Å². The maximum atomic E-state index is 12.0. The van der Waals surface area contributed by atoms with E-state index >= 15 is 0 Å². The molecule has 0 saturated carbocycles. The Kier molecular flexibility index (Phi) is 4.55. The van der Waals surface area contributed by atoms with E-state index in [4.69, 9.17) is 0 Å². The van der Waals surface area contributed by atoms with Crippen LogP contribution in [-0.2, 0) is 9.53 Å². The summed E-state index contributed by atoms with van der Waals surface area (Å²) in [6, 6.07) is 7.71. The fourth-order valence-corrected chi connectivity index (χ4v) is 2.42. The number of carbonyl (C=O) groups excluding carboxylic acids is 2. The van der Waals surface area contributed by atoms with Crippen LogP contribution in [0.1, 0.15) is 36.0 Å². The highest BCUT2D eigenvalue weighted by molar-refractivity contribution is 6.01. The third-order valence-electron chi connectivity index (χ3n) is 3.41. The minimum atomic E-state index is -0.181. The predicted octanol–water partition coefficient (Wildman–Crippen LogP) is 2.42. The van der Waals surface area contributed by atoms with Crippen molar-refractivity contribution in [2.45, 2.75) is 25.7 Å². The van der Waals surface area contributed by atoms with Crippen LogP contribution >= 0.6 is 0 Å². The second kappa shape index (κ2) is 6.36. The number of esters is 1. The van der Waals surface area contributed by atoms with Gasteiger partial charge in [0, 0.05) is 37.2 Å². The SMILES string of the molecule is COC(=O)CCCN1CCCC(=O)c2ccccc21. The van der Waals surface area contributed by atoms with E-state index in [9.17, 15) is 9.59 Å². The molecule has 0 bridgehead atoms. The smallest absolute Gasteiger partial charge is 0.305 e. The van der Waals surface area contributed by atoms with Gasteiger partial charge in [-0.3, -0.25) is 9.59 Å². The number of rotatable bonds is 4. The maximum Gasteiger partial charge on any atom is 0.305 e. The molecular formula is C15H19NO3. The number of carbonyl (C=O) groups is 2. The largest absolute Gasteiger partial charge is 0.469 e. The summed E-state index contributed by atoms with van der Waals surface area (Å²) in [5.41, 5.74) is 1.80. The van der Waals surface area contributed by atoms with Gasteiger partial charge in [-0.1, -0.05) is 12.1 Å². The Morgan fingerprint density at radius 3 is 2.95 bits per heavy atom. The lowest BCUT2D eigenvalue weighted by molar-refractivity contribution is -0.140. The van der Waals surface area contributed by atoms with Gasteiger partial charge in [0.15, 0.2) is 5.78 Å². The lowest BCUT2D eigenvalue weighted by Crippen LogP contribution is -2.26. The Bertz CT molecular complexity index is 470. The van der Waals surface area contributed by atoms with Crippen LogP contribution in [0, 0.1) is 0 Å². The molecule has 0 saturated heterocycles. The molecule has 1 aromatic carbocycles. The number of benzene rings is 1. The van der Waals surface area contributed by atoms with E-state index in [2.05, 4.69) is 9.64 Å². The van der Waals surface area contributed by atoms with E-state index in [-0.39, 0.29) is 11.8 Å². The van der Waals surface area contributed by atoms with Gasteiger partial charge in [-0.2, -0.15) is 0 Å². The fraction of sp³-hybridized carbons (Fsp3) is 0.467. The summed E-state index contributed by atoms with van der Waals surface area (Å²) in [5, 5.41) is 0. The van der Waals surface area contributed by atoms with E-state index in [0.717, 1.165) is 37.2 Å². The molecule has 4 heteroatoms. The summed E-state index contributed by atoms with van der Waals surface area (Å²) in [7, 11) is 1.40. The van der Waals surface area contributed by atoms with Crippen molar-refractivity contribution in [1.82, 2.24) is 0 Å². The van der Waals surface area contributed by atoms with Gasteiger partial charge in [0.2, 0.25) is 0 Å². The van der Waals surface area contributed by atoms with Crippen LogP contribution in [-0.4, -0.2) is 32.0 Å². The normalized spacial score (nSPS) is 14.8. The first kappa shape index (κ1) is 13.6. The number of para-hydroxylation sites is 1. The molecule has 0 N–H and O–H groups in total. The van der Waals surface area contributed by atoms with E-state index in [0.29, 0.717) is 12.8 Å². The molecule has 0 aliphatic carbocycles. The summed E-state index contributed by atoms with van der Waals surface area (Å²) >= 11 is 0. The molecule has 0 unspecified atom stereocenters. The Labute approximate surface area is 113 Å². The molecule has 1 aliphatic rings. The quantitative estimate of drug-likeness (QED) is 0.781. The molecule has 1 heterocycles. The van der Waals surface area contributed by atoms with Crippen molar-refractivity contribution >= 4 is 17.4 Å². The Morgan fingerprint density at radius 2 is 2.16 bits per heavy atom. The zero-order chi connectivity index (χ0) is 13.7. The van der Waals surface area contributed by atoms with Crippen molar-refractivity contribution in [3.8, 4) is 0 Å². The molecule has 2 rings (SSSR count). The molecular weight excluding hydrogens is 242 g/mol. The zero-order valence-electron chi connectivity index (χ0n) is 11.2. The average Bonchev–Trinajstić information content (AvgIpc) is 2.59. The lowest BCUT2D eigenvalue weighted by atomic mass is 10.1. The lowest BCUT2D eigenvalue weighted by Gasteiger charge is -2.24. The van der Waals surface area contributed by atoms with Gasteiger partial charge in [0.1, 0.15) is 0 Å². The minimum Gasteiger partial charge on any atom is -0.469 e. The molecule has 0 fully saturated rings. The third-order valence-corrected chi connectivity index (χ3v) is 3.41. The molecule has 1 aliphatic heterocycles. The van der Waals surface area contributed by atoms with Gasteiger partial charge in [-0.05, 0) is 25.0 Å². The number of Topliss-reactive ketones (excluding diaryl/α,β-unsaturated/α-hetero) is 1. The van der Waals surface area contributed by atoms with Crippen molar-refractivity contribution in [2.75, 3.05) is 25.1 Å². The summed E-state index contributed by atoms with van der Waals surface area (Å²) in [5.74, 6) is 0.0326. The van der Waals surface area contributed by atoms with E-state index in [1.165, 1.54) is 7.11 Å². The highest BCUT2D eigenvalue weighted by Crippen LogP contribution is 2.26. The number of hydrogen-bond donors (Lipinski definition) is 0. The van der Waals surface area contributed by atoms with Gasteiger partial charge < -0.3 is 9.64 Å². The number of nitrogens with zero attached hydrogens (tertiary/aromatic N) is 1. The van der Waals surface area contributed by atoms with Crippen LogP contribution in [0.3, 0.4) is 0 Å². The molecule has 102 valence electrons. The van der Waals surface area contributed by atoms with E-state index in [1.807, 2.05) is 24.3 Å². The first-order valence-corrected chi connectivity index (χ1v) is 6.66. The number of ether oxygens (including phenoxy) is 1. The van der Waals surface area contributed by atoms with Gasteiger partial charge in [0.05, 0.1) is 7.11 Å². The van der Waals surface area contributed by atoms with Gasteiger partial charge in [-0.15, -0.1) is 0 Å². The van der Waals surface area contributed by atoms with Crippen molar-refractivity contribution in [1.29, 1.82) is 0 Å². The summed E-state index contributed by atoms with van der Waals surface area (Å²) in [6.45, 7) is 1.64. The van der Waals surface area contributed by atoms with Gasteiger partial charge >= 0.3 is 5.97 Å². The second-order valence-corrected chi connectivity index (χ2v) is 4.71. The number of anilines is 1. The Balaban J connectivity index is 2.06. The van der Waals surface area contributed by atoms with E-state index < -0.39 is 0 Å². The van der Waals surface area contributed by atoms with E-state index in [1.54, 1.807) is 0 Å². The number of fused-ring (bicyclic) bond motifs is 1. The molecule has 0 amide bonds. The molecule has 0 spiro atoms. The third kappa shape index (κ3) is 3.34. The van der Waals surface area contributed by atoms with Gasteiger partial charge in [0.25, 0.3) is 0 Å². The van der Waals surface area contributed by atoms with Crippen LogP contribution in [0.25, 0.3) is 0 Å². The minimum absolute atomic E-state index is 0.181. The van der Waals surface area contributed by atoms with Crippen LogP contribution in [0.2, 0.25) is 0 Å². The monoisotopic (exact) mass is 261 g/mol. The number of ketones is 1. The van der Waals surface area contributed by atoms with Crippen molar-refractivity contribution in [3.63, 3.8) is 0 Å². The molecule has 1 aromatic rings. The summed E-state index contributed by atoms with van der Waals surface area (Å²) in [6.07, 6.45) is 2.63. The summed E-state index contributed by atoms with van der Waals surface area (Å²) in [4.78, 5) is 25.3. The van der Waals surface area contributed by atoms with Crippen molar-refractivity contribution < 1.29 is 14.3 Å². The standard InChI is InChI=1S/C15H19NO3/c1-19-15(18)9-5-11-16-10-4-8-14(17)12-6-2-3-7-13(12)16/h2-3,6-7H,4-5,8-11H2,1H3. The first-order chi connectivity index (χ1) is 9.22. The first-order valence-electron chi connectivity index (χ1n) is 6.66. The highest BCUT2D eigenvalue weighted by Gasteiger charge is 2.20. The van der Waals surface area contributed by atoms with Crippen molar-refractivity contribution in [2.24, 2.45) is 0 Å². The maximum absolute atomic E-state index is 12.0. The second-order valence-electron chi connectivity index (χ2n) is 4.71. The predicted molar refractivity (Wildman–Crippen MR) is 73.5 cm³/mol. The van der Waals surface area contributed by atoms with Gasteiger partial charge in [-0.25, -0.2) is 0 Å². The highest BCUT2D eigenvalue weighted by atomic mass is 16.5. The molecule has 0 aromatic heterocycles. The molecule has 0 atom stereocenters. The average molecular weight is 261 g/mol. The molecule has 0 radical (unpaired) electrons. The zero-order valence-corrected chi connectivity index (χ0v) is 11.2. The fourth-order valence-electron chi connectivity index (χ4n) is 2.42. The molecule has 4 nitrogen and oxygen atoms in total. The van der Waals surface area contributed by atoms with Crippen LogP contribution in [0.4, 0.5) is 5.69 Å². The topological polar surface area (TPSA) is 46.6 Å². The Morgan fingerprint density at radius 1 is 1.37 bits per heavy atom. The van der Waals surface area contributed by atoms with Crippen LogP contribution in [0.15, 0.2) is 24.3 Å². The number of methoxy groups -OCH3 is 1. The Hall–Kier alpha value is -1.84. The number of hydrogen-bond acceptors (Lipinski definition) is 4. The molecule has 19 heavy (non-hydrogen) atoms. The summed E-state index contributed by atoms with van der Waals surface area (Å²) < 4.78 is 4.64.